The molecule has 4 heteroatoms. The highest BCUT2D eigenvalue weighted by Gasteiger charge is 2.60. The van der Waals surface area contributed by atoms with Gasteiger partial charge in [0.15, 0.2) is 0 Å². The molecule has 2 atom stereocenters. The summed E-state index contributed by atoms with van der Waals surface area (Å²) in [6.45, 7) is 17.0. The van der Waals surface area contributed by atoms with Gasteiger partial charge in [0.2, 0.25) is 0 Å². The molecule has 1 saturated carbocycles. The van der Waals surface area contributed by atoms with Crippen molar-refractivity contribution in [3.8, 4) is 33.4 Å². The number of hydrogen-bond acceptors (Lipinski definition) is 3. The Kier molecular flexibility index (Phi) is 9.88. The minimum Gasteiger partial charge on any atom is -0.334 e. The van der Waals surface area contributed by atoms with E-state index in [0.717, 1.165) is 24.9 Å². The number of hydrogen-bond donors (Lipinski definition) is 0. The number of fused-ring (bicyclic) bond motifs is 8. The summed E-state index contributed by atoms with van der Waals surface area (Å²) in [7, 11) is 0. The topological polar surface area (TPSA) is 9.72 Å². The summed E-state index contributed by atoms with van der Waals surface area (Å²) in [4.78, 5) is 8.12. The third-order valence-corrected chi connectivity index (χ3v) is 18.3. The van der Waals surface area contributed by atoms with Crippen LogP contribution in [0.15, 0.2) is 200 Å². The highest BCUT2D eigenvalue weighted by molar-refractivity contribution is 7.00. The lowest BCUT2D eigenvalue weighted by Crippen LogP contribution is -2.61. The van der Waals surface area contributed by atoms with Crippen LogP contribution in [0.1, 0.15) is 90.0 Å². The van der Waals surface area contributed by atoms with Crippen LogP contribution in [0, 0.1) is 5.41 Å². The van der Waals surface area contributed by atoms with Crippen molar-refractivity contribution in [3.05, 3.63) is 222 Å². The summed E-state index contributed by atoms with van der Waals surface area (Å²) >= 11 is 0. The molecule has 362 valence electrons. The minimum absolute atomic E-state index is 0.00949. The molecule has 1 fully saturated rings. The van der Waals surface area contributed by atoms with Gasteiger partial charge in [-0.25, -0.2) is 0 Å². The standard InChI is InChI=1S/C70H64BN3/c1-67(2,3)53-31-35-60(56(41-53)49-24-15-10-16-25-49)73-63-40-52-45-68(4,5)44-51(52)39-59(63)71-58-38-50(47-22-13-9-14-23-47)30-34-62(58)72(54-32-28-48(29-33-54)46-20-11-8-12-21-46)64-42-55(43-65(73)66(64)71)74-61-27-18-17-26-57(61)69(6)36-19-37-70(69,74)7/h8-18,20-35,38-43H,19,36-37,44-45H2,1-7H3. The van der Waals surface area contributed by atoms with Crippen LogP contribution >= 0.6 is 0 Å². The first-order valence-corrected chi connectivity index (χ1v) is 27.2. The zero-order valence-electron chi connectivity index (χ0n) is 44.0. The zero-order valence-corrected chi connectivity index (χ0v) is 44.0. The molecular weight excluding hydrogens is 894 g/mol. The second-order valence-electron chi connectivity index (χ2n) is 24.4. The average molecular weight is 958 g/mol. The SMILES string of the molecule is CC1(C)Cc2cc3c(cc2C1)N(c1ccc(C(C)(C)C)cc1-c1ccccc1)c1cc(N2c4ccccc4C4(C)CCCC24C)cc2c1B3c1cc(-c3ccccc3)ccc1N2c1ccc(-c2ccccc2)cc1. The van der Waals surface area contributed by atoms with E-state index in [1.54, 1.807) is 0 Å². The molecule has 0 bridgehead atoms. The van der Waals surface area contributed by atoms with Gasteiger partial charge in [-0.15, -0.1) is 0 Å². The van der Waals surface area contributed by atoms with E-state index in [0.29, 0.717) is 0 Å². The van der Waals surface area contributed by atoms with Crippen LogP contribution in [-0.2, 0) is 23.7 Å². The van der Waals surface area contributed by atoms with Crippen LogP contribution < -0.4 is 31.1 Å². The van der Waals surface area contributed by atoms with Gasteiger partial charge in [0.05, 0.1) is 11.2 Å². The number of para-hydroxylation sites is 1. The van der Waals surface area contributed by atoms with Gasteiger partial charge < -0.3 is 14.7 Å². The number of anilines is 8. The Morgan fingerprint density at radius 1 is 0.432 bits per heavy atom. The molecule has 0 radical (unpaired) electrons. The van der Waals surface area contributed by atoms with Gasteiger partial charge in [0.1, 0.15) is 0 Å². The maximum Gasteiger partial charge on any atom is 0.252 e. The summed E-state index contributed by atoms with van der Waals surface area (Å²) in [6, 6.07) is 76.8. The van der Waals surface area contributed by atoms with E-state index >= 15 is 0 Å². The molecule has 14 rings (SSSR count). The van der Waals surface area contributed by atoms with Crippen LogP contribution in [0.5, 0.6) is 0 Å². The van der Waals surface area contributed by atoms with Gasteiger partial charge in [-0.3, -0.25) is 0 Å². The first-order chi connectivity index (χ1) is 35.8. The summed E-state index contributed by atoms with van der Waals surface area (Å²) in [5.41, 5.74) is 27.2. The van der Waals surface area contributed by atoms with E-state index in [1.807, 2.05) is 0 Å². The molecule has 0 saturated heterocycles. The van der Waals surface area contributed by atoms with E-state index in [2.05, 4.69) is 263 Å². The van der Waals surface area contributed by atoms with Crippen molar-refractivity contribution in [3.63, 3.8) is 0 Å². The van der Waals surface area contributed by atoms with Gasteiger partial charge >= 0.3 is 0 Å². The third kappa shape index (κ3) is 6.72. The van der Waals surface area contributed by atoms with Gasteiger partial charge in [-0.2, -0.15) is 0 Å². The van der Waals surface area contributed by atoms with Gasteiger partial charge in [0, 0.05) is 50.8 Å². The second kappa shape index (κ2) is 16.2. The maximum absolute atomic E-state index is 2.78. The largest absolute Gasteiger partial charge is 0.334 e. The monoisotopic (exact) mass is 958 g/mol. The lowest BCUT2D eigenvalue weighted by molar-refractivity contribution is 0.330. The van der Waals surface area contributed by atoms with E-state index < -0.39 is 0 Å². The second-order valence-corrected chi connectivity index (χ2v) is 24.4. The third-order valence-electron chi connectivity index (χ3n) is 18.3. The van der Waals surface area contributed by atoms with Crippen LogP contribution in [-0.4, -0.2) is 12.3 Å². The van der Waals surface area contributed by atoms with E-state index in [4.69, 9.17) is 0 Å². The summed E-state index contributed by atoms with van der Waals surface area (Å²) < 4.78 is 0. The molecule has 5 aliphatic rings. The Morgan fingerprint density at radius 3 is 1.69 bits per heavy atom. The van der Waals surface area contributed by atoms with Crippen LogP contribution in [0.4, 0.5) is 45.5 Å². The summed E-state index contributed by atoms with van der Waals surface area (Å²) in [6.07, 6.45) is 5.64. The maximum atomic E-state index is 2.78. The fourth-order valence-electron chi connectivity index (χ4n) is 14.4. The van der Waals surface area contributed by atoms with Gasteiger partial charge in [-0.05, 0) is 164 Å². The van der Waals surface area contributed by atoms with Crippen LogP contribution in [0.2, 0.25) is 0 Å². The molecule has 2 unspecified atom stereocenters. The molecule has 2 aliphatic carbocycles. The molecule has 0 aromatic heterocycles. The molecule has 74 heavy (non-hydrogen) atoms. The molecule has 9 aromatic carbocycles. The Hall–Kier alpha value is -7.56. The zero-order chi connectivity index (χ0) is 50.3. The first-order valence-electron chi connectivity index (χ1n) is 27.2. The van der Waals surface area contributed by atoms with Crippen molar-refractivity contribution in [2.75, 3.05) is 14.7 Å². The van der Waals surface area contributed by atoms with Crippen molar-refractivity contribution in [1.82, 2.24) is 0 Å². The molecule has 0 spiro atoms. The Labute approximate surface area is 439 Å². The molecule has 3 heterocycles. The molecule has 0 amide bonds. The Balaban J connectivity index is 1.11. The fourth-order valence-corrected chi connectivity index (χ4v) is 14.4. The lowest BCUT2D eigenvalue weighted by Gasteiger charge is -2.47. The van der Waals surface area contributed by atoms with Crippen molar-refractivity contribution in [2.45, 2.75) is 96.9 Å². The highest BCUT2D eigenvalue weighted by atomic mass is 15.3. The molecule has 9 aromatic rings. The van der Waals surface area contributed by atoms with E-state index in [-0.39, 0.29) is 28.5 Å². The highest BCUT2D eigenvalue weighted by Crippen LogP contribution is 2.63. The molecule has 0 N–H and O–H groups in total. The quantitative estimate of drug-likeness (QED) is 0.154. The predicted molar refractivity (Wildman–Crippen MR) is 315 cm³/mol. The number of benzene rings is 9. The van der Waals surface area contributed by atoms with Crippen LogP contribution in [0.3, 0.4) is 0 Å². The van der Waals surface area contributed by atoms with Crippen molar-refractivity contribution in [1.29, 1.82) is 0 Å². The molecule has 3 aliphatic heterocycles. The Bertz CT molecular complexity index is 3700. The van der Waals surface area contributed by atoms with Crippen LogP contribution in [0.25, 0.3) is 33.4 Å². The summed E-state index contributed by atoms with van der Waals surface area (Å²) in [5, 5.41) is 0. The fraction of sp³-hybridized carbons (Fsp3) is 0.229. The number of nitrogens with zero attached hydrogens (tertiary/aromatic N) is 3. The van der Waals surface area contributed by atoms with Crippen molar-refractivity contribution >= 4 is 68.6 Å². The van der Waals surface area contributed by atoms with E-state index in [1.165, 1.54) is 125 Å². The minimum atomic E-state index is -0.121. The summed E-state index contributed by atoms with van der Waals surface area (Å²) in [5.74, 6) is 0. The Morgan fingerprint density at radius 2 is 1.00 bits per heavy atom. The molecule has 3 nitrogen and oxygen atoms in total. The molecular formula is C70H64BN3. The normalized spacial score (nSPS) is 19.7. The first kappa shape index (κ1) is 45.1. The average Bonchev–Trinajstić information content (AvgIpc) is 4.07. The van der Waals surface area contributed by atoms with Crippen molar-refractivity contribution in [2.24, 2.45) is 5.41 Å². The number of rotatable bonds is 6. The predicted octanol–water partition coefficient (Wildman–Crippen LogP) is 16.5. The van der Waals surface area contributed by atoms with E-state index in [9.17, 15) is 0 Å². The lowest BCUT2D eigenvalue weighted by atomic mass is 9.33. The van der Waals surface area contributed by atoms with Gasteiger partial charge in [0.25, 0.3) is 6.71 Å². The smallest absolute Gasteiger partial charge is 0.252 e. The van der Waals surface area contributed by atoms with Gasteiger partial charge in [-0.1, -0.05) is 194 Å². The van der Waals surface area contributed by atoms with Crippen molar-refractivity contribution < 1.29 is 0 Å².